The second-order valence-corrected chi connectivity index (χ2v) is 9.51. The van der Waals surface area contributed by atoms with Crippen molar-refractivity contribution < 1.29 is 29.0 Å². The molecular weight excluding hydrogens is 459 g/mol. The SMILES string of the molecule is COc1cccc(CNC(=O)C(CC2CCCCC2)C(=O)N[C@@H](Cc2ccc(C)cc2)OB(O)O)c1. The lowest BCUT2D eigenvalue weighted by Crippen LogP contribution is -2.48. The Labute approximate surface area is 213 Å². The number of hydrogen-bond donors (Lipinski definition) is 4. The molecule has 1 unspecified atom stereocenters. The van der Waals surface area contributed by atoms with Crippen molar-refractivity contribution in [3.05, 3.63) is 65.2 Å². The van der Waals surface area contributed by atoms with Crippen LogP contribution in [0.3, 0.4) is 0 Å². The number of methoxy groups -OCH3 is 1. The fraction of sp³-hybridized carbons (Fsp3) is 0.481. The first-order valence-electron chi connectivity index (χ1n) is 12.6. The van der Waals surface area contributed by atoms with Gasteiger partial charge < -0.3 is 30.1 Å². The molecule has 1 fully saturated rings. The summed E-state index contributed by atoms with van der Waals surface area (Å²) in [6.07, 6.45) is 5.02. The smallest absolute Gasteiger partial charge is 0.497 e. The van der Waals surface area contributed by atoms with E-state index in [9.17, 15) is 19.6 Å². The van der Waals surface area contributed by atoms with Crippen LogP contribution in [-0.4, -0.2) is 42.5 Å². The average Bonchev–Trinajstić information content (AvgIpc) is 2.87. The minimum atomic E-state index is -2.06. The molecule has 0 bridgehead atoms. The third kappa shape index (κ3) is 8.97. The fourth-order valence-electron chi connectivity index (χ4n) is 4.66. The van der Waals surface area contributed by atoms with Gasteiger partial charge in [0.2, 0.25) is 11.8 Å². The number of amides is 2. The summed E-state index contributed by atoms with van der Waals surface area (Å²) in [4.78, 5) is 26.6. The molecule has 0 radical (unpaired) electrons. The monoisotopic (exact) mass is 496 g/mol. The van der Waals surface area contributed by atoms with E-state index in [1.165, 1.54) is 6.42 Å². The fourth-order valence-corrected chi connectivity index (χ4v) is 4.66. The van der Waals surface area contributed by atoms with Crippen LogP contribution in [0.4, 0.5) is 0 Å². The van der Waals surface area contributed by atoms with E-state index in [1.54, 1.807) is 7.11 Å². The molecule has 1 aliphatic rings. The molecule has 0 aromatic heterocycles. The number of ether oxygens (including phenoxy) is 1. The van der Waals surface area contributed by atoms with Crippen LogP contribution in [0.5, 0.6) is 5.75 Å². The highest BCUT2D eigenvalue weighted by atomic mass is 16.6. The summed E-state index contributed by atoms with van der Waals surface area (Å²) < 4.78 is 10.4. The molecular formula is C27H37BN2O6. The molecule has 0 saturated heterocycles. The summed E-state index contributed by atoms with van der Waals surface area (Å²) in [5.74, 6) is -0.784. The molecule has 36 heavy (non-hydrogen) atoms. The van der Waals surface area contributed by atoms with Gasteiger partial charge in [-0.2, -0.15) is 0 Å². The molecule has 9 heteroatoms. The molecule has 3 rings (SSSR count). The maximum Gasteiger partial charge on any atom is 0.635 e. The van der Waals surface area contributed by atoms with Gasteiger partial charge in [-0.15, -0.1) is 0 Å². The summed E-state index contributed by atoms with van der Waals surface area (Å²) in [6.45, 7) is 2.24. The molecule has 8 nitrogen and oxygen atoms in total. The molecule has 2 aromatic rings. The van der Waals surface area contributed by atoms with Gasteiger partial charge in [-0.05, 0) is 42.5 Å². The van der Waals surface area contributed by atoms with Crippen molar-refractivity contribution in [1.82, 2.24) is 10.6 Å². The van der Waals surface area contributed by atoms with Crippen LogP contribution < -0.4 is 15.4 Å². The Morgan fingerprint density at radius 2 is 1.75 bits per heavy atom. The number of benzene rings is 2. The average molecular weight is 496 g/mol. The van der Waals surface area contributed by atoms with Gasteiger partial charge in [0.1, 0.15) is 17.9 Å². The second-order valence-electron chi connectivity index (χ2n) is 9.51. The van der Waals surface area contributed by atoms with Crippen molar-refractivity contribution in [2.24, 2.45) is 11.8 Å². The van der Waals surface area contributed by atoms with Gasteiger partial charge in [0.25, 0.3) is 0 Å². The molecule has 2 atom stereocenters. The molecule has 0 spiro atoms. The maximum absolute atomic E-state index is 13.4. The van der Waals surface area contributed by atoms with Gasteiger partial charge in [0.15, 0.2) is 0 Å². The number of nitrogens with one attached hydrogen (secondary N) is 2. The van der Waals surface area contributed by atoms with Crippen LogP contribution in [0.1, 0.15) is 55.2 Å². The van der Waals surface area contributed by atoms with Crippen molar-refractivity contribution >= 4 is 19.1 Å². The Hall–Kier alpha value is -2.88. The standard InChI is InChI=1S/C27H37BN2O6/c1-19-11-13-21(14-12-19)17-25(36-28(33)34)30-27(32)24(16-20-7-4-3-5-8-20)26(31)29-18-22-9-6-10-23(15-22)35-2/h6,9-15,20,24-25,33-34H,3-5,7-8,16-18H2,1-2H3,(H,29,31)(H,30,32)/t24?,25-/m1/s1. The van der Waals surface area contributed by atoms with Crippen LogP contribution in [0.25, 0.3) is 0 Å². The Morgan fingerprint density at radius 3 is 2.42 bits per heavy atom. The molecule has 2 amide bonds. The predicted molar refractivity (Wildman–Crippen MR) is 138 cm³/mol. The van der Waals surface area contributed by atoms with E-state index in [2.05, 4.69) is 10.6 Å². The summed E-state index contributed by atoms with van der Waals surface area (Å²) >= 11 is 0. The first-order chi connectivity index (χ1) is 17.3. The topological polar surface area (TPSA) is 117 Å². The van der Waals surface area contributed by atoms with Crippen LogP contribution >= 0.6 is 0 Å². The largest absolute Gasteiger partial charge is 0.635 e. The van der Waals surface area contributed by atoms with Gasteiger partial charge in [-0.1, -0.05) is 74.1 Å². The zero-order valence-corrected chi connectivity index (χ0v) is 21.1. The first-order valence-corrected chi connectivity index (χ1v) is 12.6. The predicted octanol–water partition coefficient (Wildman–Crippen LogP) is 2.88. The van der Waals surface area contributed by atoms with Crippen molar-refractivity contribution in [2.75, 3.05) is 7.11 Å². The number of rotatable bonds is 12. The van der Waals surface area contributed by atoms with Crippen molar-refractivity contribution in [3.63, 3.8) is 0 Å². The Balaban J connectivity index is 1.71. The number of carbonyl (C=O) groups is 2. The lowest BCUT2D eigenvalue weighted by Gasteiger charge is -2.27. The van der Waals surface area contributed by atoms with Crippen LogP contribution in [-0.2, 0) is 27.2 Å². The van der Waals surface area contributed by atoms with Gasteiger partial charge in [0, 0.05) is 13.0 Å². The number of carbonyl (C=O) groups excluding carboxylic acids is 2. The quantitative estimate of drug-likeness (QED) is 0.204. The molecule has 4 N–H and O–H groups in total. The van der Waals surface area contributed by atoms with E-state index in [-0.39, 0.29) is 24.8 Å². The minimum absolute atomic E-state index is 0.227. The van der Waals surface area contributed by atoms with E-state index in [4.69, 9.17) is 9.39 Å². The highest BCUT2D eigenvalue weighted by Gasteiger charge is 2.32. The van der Waals surface area contributed by atoms with Gasteiger partial charge >= 0.3 is 7.32 Å². The highest BCUT2D eigenvalue weighted by Crippen LogP contribution is 2.29. The van der Waals surface area contributed by atoms with Crippen LogP contribution in [0.2, 0.25) is 0 Å². The molecule has 1 saturated carbocycles. The third-order valence-electron chi connectivity index (χ3n) is 6.66. The van der Waals surface area contributed by atoms with Gasteiger partial charge in [0.05, 0.1) is 7.11 Å². The minimum Gasteiger partial charge on any atom is -0.497 e. The van der Waals surface area contributed by atoms with Crippen molar-refractivity contribution in [3.8, 4) is 5.75 Å². The summed E-state index contributed by atoms with van der Waals surface area (Å²) in [5.41, 5.74) is 2.81. The maximum atomic E-state index is 13.4. The number of hydrogen-bond acceptors (Lipinski definition) is 6. The Bertz CT molecular complexity index is 978. The summed E-state index contributed by atoms with van der Waals surface area (Å²) in [6, 6.07) is 15.0. The zero-order chi connectivity index (χ0) is 25.9. The third-order valence-corrected chi connectivity index (χ3v) is 6.66. The molecule has 1 aliphatic carbocycles. The summed E-state index contributed by atoms with van der Waals surface area (Å²) in [7, 11) is -0.472. The highest BCUT2D eigenvalue weighted by molar-refractivity contribution is 6.32. The van der Waals surface area contributed by atoms with Gasteiger partial charge in [-0.3, -0.25) is 9.59 Å². The molecule has 2 aromatic carbocycles. The van der Waals surface area contributed by atoms with E-state index >= 15 is 0 Å². The number of aryl methyl sites for hydroxylation is 1. The molecule has 194 valence electrons. The lowest BCUT2D eigenvalue weighted by atomic mass is 9.82. The summed E-state index contributed by atoms with van der Waals surface area (Å²) in [5, 5.41) is 24.5. The van der Waals surface area contributed by atoms with Crippen molar-refractivity contribution in [1.29, 1.82) is 0 Å². The lowest BCUT2D eigenvalue weighted by molar-refractivity contribution is -0.138. The van der Waals surface area contributed by atoms with Crippen LogP contribution in [0.15, 0.2) is 48.5 Å². The van der Waals surface area contributed by atoms with E-state index in [0.717, 1.165) is 42.4 Å². The van der Waals surface area contributed by atoms with E-state index in [1.807, 2.05) is 55.5 Å². The van der Waals surface area contributed by atoms with E-state index < -0.39 is 25.4 Å². The van der Waals surface area contributed by atoms with Crippen molar-refractivity contribution in [2.45, 2.75) is 64.6 Å². The van der Waals surface area contributed by atoms with Gasteiger partial charge in [-0.25, -0.2) is 0 Å². The first kappa shape index (κ1) is 27.7. The molecule has 0 heterocycles. The van der Waals surface area contributed by atoms with E-state index in [0.29, 0.717) is 12.2 Å². The zero-order valence-electron chi connectivity index (χ0n) is 21.1. The Kier molecular flexibility index (Phi) is 10.8. The van der Waals surface area contributed by atoms with Crippen LogP contribution in [0, 0.1) is 18.8 Å². The normalized spacial score (nSPS) is 15.6. The molecule has 0 aliphatic heterocycles. The Morgan fingerprint density at radius 1 is 1.03 bits per heavy atom. The second kappa shape index (κ2) is 14.0.